The number of H-pyrrole nitrogens is 1. The van der Waals surface area contributed by atoms with Crippen LogP contribution in [0.5, 0.6) is 11.5 Å². The van der Waals surface area contributed by atoms with Gasteiger partial charge in [0, 0.05) is 0 Å². The van der Waals surface area contributed by atoms with Gasteiger partial charge in [0.1, 0.15) is 18.1 Å². The third-order valence-corrected chi connectivity index (χ3v) is 4.68. The summed E-state index contributed by atoms with van der Waals surface area (Å²) in [6.07, 6.45) is 2.08. The van der Waals surface area contributed by atoms with E-state index in [9.17, 15) is 5.11 Å². The van der Waals surface area contributed by atoms with Gasteiger partial charge in [0.15, 0.2) is 0 Å². The molecule has 0 aliphatic carbocycles. The van der Waals surface area contributed by atoms with Gasteiger partial charge in [-0.15, -0.1) is 0 Å². The second kappa shape index (κ2) is 8.48. The van der Waals surface area contributed by atoms with Crippen LogP contribution in [0.4, 0.5) is 0 Å². The van der Waals surface area contributed by atoms with Crippen molar-refractivity contribution in [1.82, 2.24) is 10.2 Å². The van der Waals surface area contributed by atoms with Crippen LogP contribution in [-0.2, 0) is 6.61 Å². The van der Waals surface area contributed by atoms with Crippen molar-refractivity contribution in [3.63, 3.8) is 0 Å². The Bertz CT molecular complexity index is 1120. The molecule has 0 fully saturated rings. The number of hydrogen-bond donors (Lipinski definition) is 2. The maximum Gasteiger partial charge on any atom is 0.132 e. The van der Waals surface area contributed by atoms with Crippen molar-refractivity contribution in [2.75, 3.05) is 0 Å². The van der Waals surface area contributed by atoms with Gasteiger partial charge in [-0.1, -0.05) is 66.7 Å². The first-order valence-electron chi connectivity index (χ1n) is 9.49. The van der Waals surface area contributed by atoms with Gasteiger partial charge >= 0.3 is 0 Å². The Balaban J connectivity index is 1.61. The molecule has 0 saturated carbocycles. The molecule has 0 aliphatic rings. The van der Waals surface area contributed by atoms with Crippen LogP contribution in [0.2, 0.25) is 0 Å². The van der Waals surface area contributed by atoms with Crippen LogP contribution >= 0.6 is 0 Å². The molecule has 0 spiro atoms. The summed E-state index contributed by atoms with van der Waals surface area (Å²) in [4.78, 5) is 0. The fourth-order valence-electron chi connectivity index (χ4n) is 3.17. The predicted octanol–water partition coefficient (Wildman–Crippen LogP) is 5.92. The van der Waals surface area contributed by atoms with Gasteiger partial charge < -0.3 is 9.84 Å². The smallest absolute Gasteiger partial charge is 0.132 e. The zero-order valence-electron chi connectivity index (χ0n) is 16.2. The van der Waals surface area contributed by atoms with E-state index < -0.39 is 0 Å². The molecule has 4 aromatic rings. The topological polar surface area (TPSA) is 58.1 Å². The van der Waals surface area contributed by atoms with E-state index in [1.807, 2.05) is 67.6 Å². The van der Waals surface area contributed by atoms with Crippen molar-refractivity contribution in [2.45, 2.75) is 13.5 Å². The number of phenols is 1. The number of allylic oxidation sites excluding steroid dienone is 1. The van der Waals surface area contributed by atoms with E-state index in [-0.39, 0.29) is 5.75 Å². The summed E-state index contributed by atoms with van der Waals surface area (Å²) >= 11 is 0. The number of aromatic nitrogens is 2. The Hall–Kier alpha value is -3.79. The standard InChI is InChI=1S/C25H22N2O2/c1-18(15-19-9-4-2-5-10-19)21-16-22(27-26-21)25-23(28)13-8-14-24(25)29-17-20-11-6-3-7-12-20/h2-16,28H,17H2,1H3,(H,26,27)/b18-15-. The number of nitrogens with zero attached hydrogens (tertiary/aromatic N) is 1. The van der Waals surface area contributed by atoms with Crippen LogP contribution in [0, 0.1) is 0 Å². The highest BCUT2D eigenvalue weighted by Gasteiger charge is 2.15. The summed E-state index contributed by atoms with van der Waals surface area (Å²) in [6.45, 7) is 2.44. The number of rotatable bonds is 6. The van der Waals surface area contributed by atoms with Crippen LogP contribution in [0.3, 0.4) is 0 Å². The van der Waals surface area contributed by atoms with Crippen LogP contribution in [0.25, 0.3) is 22.9 Å². The van der Waals surface area contributed by atoms with E-state index in [1.54, 1.807) is 12.1 Å². The molecule has 0 aliphatic heterocycles. The van der Waals surface area contributed by atoms with Crippen molar-refractivity contribution in [2.24, 2.45) is 0 Å². The number of aromatic hydroxyl groups is 1. The van der Waals surface area contributed by atoms with E-state index in [0.717, 1.165) is 22.4 Å². The molecule has 29 heavy (non-hydrogen) atoms. The first-order valence-corrected chi connectivity index (χ1v) is 9.49. The van der Waals surface area contributed by atoms with Gasteiger partial charge in [-0.25, -0.2) is 0 Å². The van der Waals surface area contributed by atoms with Crippen LogP contribution < -0.4 is 4.74 Å². The average molecular weight is 382 g/mol. The Morgan fingerprint density at radius 2 is 1.69 bits per heavy atom. The first kappa shape index (κ1) is 18.6. The minimum absolute atomic E-state index is 0.149. The quantitative estimate of drug-likeness (QED) is 0.435. The normalized spacial score (nSPS) is 11.4. The lowest BCUT2D eigenvalue weighted by Crippen LogP contribution is -1.97. The second-order valence-corrected chi connectivity index (χ2v) is 6.83. The molecule has 1 heterocycles. The molecule has 4 rings (SSSR count). The second-order valence-electron chi connectivity index (χ2n) is 6.83. The Kier molecular flexibility index (Phi) is 5.43. The lowest BCUT2D eigenvalue weighted by molar-refractivity contribution is 0.306. The van der Waals surface area contributed by atoms with Crippen molar-refractivity contribution in [1.29, 1.82) is 0 Å². The van der Waals surface area contributed by atoms with E-state index in [0.29, 0.717) is 23.6 Å². The van der Waals surface area contributed by atoms with E-state index in [1.165, 1.54) is 0 Å². The van der Waals surface area contributed by atoms with Gasteiger partial charge in [-0.3, -0.25) is 5.10 Å². The highest BCUT2D eigenvalue weighted by atomic mass is 16.5. The molecule has 0 amide bonds. The molecule has 0 atom stereocenters. The van der Waals surface area contributed by atoms with Crippen molar-refractivity contribution >= 4 is 11.6 Å². The molecule has 2 N–H and O–H groups in total. The van der Waals surface area contributed by atoms with Crippen molar-refractivity contribution < 1.29 is 9.84 Å². The predicted molar refractivity (Wildman–Crippen MR) is 116 cm³/mol. The lowest BCUT2D eigenvalue weighted by atomic mass is 10.1. The molecule has 0 unspecified atom stereocenters. The van der Waals surface area contributed by atoms with Crippen LogP contribution in [0.15, 0.2) is 84.9 Å². The van der Waals surface area contributed by atoms with Crippen LogP contribution in [0.1, 0.15) is 23.7 Å². The summed E-state index contributed by atoms with van der Waals surface area (Å²) in [7, 11) is 0. The molecule has 3 aromatic carbocycles. The number of nitrogens with one attached hydrogen (secondary N) is 1. The van der Waals surface area contributed by atoms with E-state index >= 15 is 0 Å². The molecule has 144 valence electrons. The van der Waals surface area contributed by atoms with E-state index in [2.05, 4.69) is 28.4 Å². The maximum absolute atomic E-state index is 10.5. The Morgan fingerprint density at radius 3 is 2.45 bits per heavy atom. The fraction of sp³-hybridized carbons (Fsp3) is 0.0800. The summed E-state index contributed by atoms with van der Waals surface area (Å²) < 4.78 is 6.00. The molecule has 1 aromatic heterocycles. The van der Waals surface area contributed by atoms with Gasteiger partial charge in [0.05, 0.1) is 17.0 Å². The summed E-state index contributed by atoms with van der Waals surface area (Å²) in [5.74, 6) is 0.754. The minimum atomic E-state index is 0.149. The molecule has 0 saturated heterocycles. The third-order valence-electron chi connectivity index (χ3n) is 4.68. The average Bonchev–Trinajstić information content (AvgIpc) is 3.24. The minimum Gasteiger partial charge on any atom is -0.507 e. The molecule has 4 nitrogen and oxygen atoms in total. The zero-order chi connectivity index (χ0) is 20.1. The summed E-state index contributed by atoms with van der Waals surface area (Å²) in [5.41, 5.74) is 5.34. The zero-order valence-corrected chi connectivity index (χ0v) is 16.2. The Labute approximate surface area is 170 Å². The number of aromatic amines is 1. The summed E-state index contributed by atoms with van der Waals surface area (Å²) in [5, 5.41) is 17.9. The number of benzene rings is 3. The highest BCUT2D eigenvalue weighted by molar-refractivity contribution is 5.82. The van der Waals surface area contributed by atoms with Crippen molar-refractivity contribution in [3.05, 3.63) is 102 Å². The number of phenolic OH excluding ortho intramolecular Hbond substituents is 1. The van der Waals surface area contributed by atoms with E-state index in [4.69, 9.17) is 4.74 Å². The highest BCUT2D eigenvalue weighted by Crippen LogP contribution is 2.37. The largest absolute Gasteiger partial charge is 0.507 e. The monoisotopic (exact) mass is 382 g/mol. The fourth-order valence-corrected chi connectivity index (χ4v) is 3.17. The Morgan fingerprint density at radius 1 is 0.966 bits per heavy atom. The van der Waals surface area contributed by atoms with Gasteiger partial charge in [-0.05, 0) is 47.9 Å². The lowest BCUT2D eigenvalue weighted by Gasteiger charge is -2.12. The molecule has 0 radical (unpaired) electrons. The third kappa shape index (κ3) is 4.38. The maximum atomic E-state index is 10.5. The molecular formula is C25H22N2O2. The molecular weight excluding hydrogens is 360 g/mol. The van der Waals surface area contributed by atoms with Crippen LogP contribution in [-0.4, -0.2) is 15.3 Å². The van der Waals surface area contributed by atoms with Gasteiger partial charge in [0.25, 0.3) is 0 Å². The first-order chi connectivity index (χ1) is 14.2. The molecule has 4 heteroatoms. The number of hydrogen-bond acceptors (Lipinski definition) is 3. The van der Waals surface area contributed by atoms with Gasteiger partial charge in [0.2, 0.25) is 0 Å². The SMILES string of the molecule is C/C(=C/c1ccccc1)c1cc(-c2c(O)cccc2OCc2ccccc2)[nH]n1. The summed E-state index contributed by atoms with van der Waals surface area (Å²) in [6, 6.07) is 27.3. The number of ether oxygens (including phenoxy) is 1. The van der Waals surface area contributed by atoms with Gasteiger partial charge in [-0.2, -0.15) is 5.10 Å². The molecule has 0 bridgehead atoms. The van der Waals surface area contributed by atoms with Crippen molar-refractivity contribution in [3.8, 4) is 22.8 Å².